The number of hydrazine groups is 1. The van der Waals surface area contributed by atoms with Gasteiger partial charge in [0, 0.05) is 5.56 Å². The number of rotatable bonds is 4. The van der Waals surface area contributed by atoms with Gasteiger partial charge in [-0.05, 0) is 24.3 Å². The molecule has 1 saturated heterocycles. The van der Waals surface area contributed by atoms with Gasteiger partial charge in [0.15, 0.2) is 11.5 Å². The summed E-state index contributed by atoms with van der Waals surface area (Å²) in [5.74, 6) is 0.105. The summed E-state index contributed by atoms with van der Waals surface area (Å²) in [6, 6.07) is 14.2. The van der Waals surface area contributed by atoms with Gasteiger partial charge in [0.25, 0.3) is 11.8 Å². The molecule has 0 aromatic heterocycles. The van der Waals surface area contributed by atoms with Gasteiger partial charge >= 0.3 is 0 Å². The summed E-state index contributed by atoms with van der Waals surface area (Å²) >= 11 is 0. The molecule has 6 nitrogen and oxygen atoms in total. The van der Waals surface area contributed by atoms with Crippen molar-refractivity contribution in [2.45, 2.75) is 0 Å². The van der Waals surface area contributed by atoms with Gasteiger partial charge in [0.1, 0.15) is 5.57 Å². The van der Waals surface area contributed by atoms with Crippen LogP contribution in [0, 0.1) is 0 Å². The molecule has 122 valence electrons. The maximum absolute atomic E-state index is 12.6. The maximum atomic E-state index is 12.6. The summed E-state index contributed by atoms with van der Waals surface area (Å²) < 4.78 is 10.6. The van der Waals surface area contributed by atoms with E-state index in [1.807, 2.05) is 6.07 Å². The zero-order valence-electron chi connectivity index (χ0n) is 13.3. The Morgan fingerprint density at radius 3 is 2.38 bits per heavy atom. The Hall–Kier alpha value is -3.28. The average molecular weight is 324 g/mol. The molecule has 2 amide bonds. The van der Waals surface area contributed by atoms with Crippen LogP contribution in [0.4, 0.5) is 5.69 Å². The monoisotopic (exact) mass is 324 g/mol. The van der Waals surface area contributed by atoms with E-state index in [0.717, 1.165) is 0 Å². The second kappa shape index (κ2) is 6.45. The van der Waals surface area contributed by atoms with Crippen molar-refractivity contribution in [2.24, 2.45) is 0 Å². The first-order valence-electron chi connectivity index (χ1n) is 7.29. The first-order chi connectivity index (χ1) is 11.7. The minimum atomic E-state index is -0.464. The van der Waals surface area contributed by atoms with Gasteiger partial charge in [-0.3, -0.25) is 15.0 Å². The van der Waals surface area contributed by atoms with Gasteiger partial charge in [0.05, 0.1) is 19.9 Å². The van der Waals surface area contributed by atoms with Crippen LogP contribution in [-0.2, 0) is 9.59 Å². The normalized spacial score (nSPS) is 15.6. The van der Waals surface area contributed by atoms with Gasteiger partial charge in [-0.15, -0.1) is 0 Å². The lowest BCUT2D eigenvalue weighted by Gasteiger charge is -2.14. The summed E-state index contributed by atoms with van der Waals surface area (Å²) in [7, 11) is 3.03. The Kier molecular flexibility index (Phi) is 4.20. The van der Waals surface area contributed by atoms with Crippen LogP contribution in [0.2, 0.25) is 0 Å². The lowest BCUT2D eigenvalue weighted by atomic mass is 10.1. The van der Waals surface area contributed by atoms with Crippen molar-refractivity contribution in [1.29, 1.82) is 0 Å². The summed E-state index contributed by atoms with van der Waals surface area (Å²) in [6.07, 6.45) is 1.50. The maximum Gasteiger partial charge on any atom is 0.282 e. The lowest BCUT2D eigenvalue weighted by Crippen LogP contribution is -2.35. The third-order valence-corrected chi connectivity index (χ3v) is 3.64. The average Bonchev–Trinajstić information content (AvgIpc) is 2.90. The van der Waals surface area contributed by atoms with Crippen LogP contribution >= 0.6 is 0 Å². The highest BCUT2D eigenvalue weighted by molar-refractivity contribution is 6.31. The molecule has 24 heavy (non-hydrogen) atoms. The van der Waals surface area contributed by atoms with E-state index in [0.29, 0.717) is 22.7 Å². The number of carbonyl (C=O) groups is 2. The van der Waals surface area contributed by atoms with Gasteiger partial charge < -0.3 is 9.47 Å². The van der Waals surface area contributed by atoms with Crippen molar-refractivity contribution in [3.8, 4) is 11.5 Å². The molecule has 6 heteroatoms. The molecule has 0 unspecified atom stereocenters. The van der Waals surface area contributed by atoms with Crippen LogP contribution < -0.4 is 19.9 Å². The predicted octanol–water partition coefficient (Wildman–Crippen LogP) is 2.17. The highest BCUT2D eigenvalue weighted by Crippen LogP contribution is 2.33. The van der Waals surface area contributed by atoms with Crippen molar-refractivity contribution in [3.63, 3.8) is 0 Å². The molecule has 0 saturated carbocycles. The first-order valence-corrected chi connectivity index (χ1v) is 7.29. The molecule has 0 atom stereocenters. The van der Waals surface area contributed by atoms with Gasteiger partial charge in [-0.2, -0.15) is 0 Å². The van der Waals surface area contributed by atoms with Crippen molar-refractivity contribution >= 4 is 23.6 Å². The Bertz CT molecular complexity index is 815. The van der Waals surface area contributed by atoms with E-state index in [4.69, 9.17) is 9.47 Å². The van der Waals surface area contributed by atoms with E-state index in [1.54, 1.807) is 42.5 Å². The number of amides is 2. The lowest BCUT2D eigenvalue weighted by molar-refractivity contribution is -0.117. The molecule has 1 N–H and O–H groups in total. The van der Waals surface area contributed by atoms with Crippen molar-refractivity contribution in [1.82, 2.24) is 5.43 Å². The van der Waals surface area contributed by atoms with E-state index in [1.165, 1.54) is 25.3 Å². The number of benzene rings is 2. The number of hydrogen-bond donors (Lipinski definition) is 1. The fourth-order valence-electron chi connectivity index (χ4n) is 2.50. The molecule has 0 bridgehead atoms. The Balaban J connectivity index is 2.00. The molecule has 1 aliphatic heterocycles. The molecule has 3 rings (SSSR count). The van der Waals surface area contributed by atoms with Crippen LogP contribution in [0.25, 0.3) is 6.08 Å². The van der Waals surface area contributed by atoms with Crippen molar-refractivity contribution in [3.05, 3.63) is 59.7 Å². The van der Waals surface area contributed by atoms with Crippen LogP contribution in [0.15, 0.2) is 54.1 Å². The van der Waals surface area contributed by atoms with Crippen LogP contribution in [0.5, 0.6) is 11.5 Å². The van der Waals surface area contributed by atoms with E-state index in [2.05, 4.69) is 5.43 Å². The SMILES string of the molecule is COc1cccc(/C=C2\C(=O)NN(c3ccccc3)C2=O)c1OC. The molecule has 0 radical (unpaired) electrons. The molecule has 1 heterocycles. The number of anilines is 1. The summed E-state index contributed by atoms with van der Waals surface area (Å²) in [6.45, 7) is 0. The number of carbonyl (C=O) groups excluding carboxylic acids is 2. The molecule has 2 aromatic carbocycles. The second-order valence-electron chi connectivity index (χ2n) is 5.06. The second-order valence-corrected chi connectivity index (χ2v) is 5.06. The van der Waals surface area contributed by atoms with Crippen molar-refractivity contribution < 1.29 is 19.1 Å². The number of methoxy groups -OCH3 is 2. The topological polar surface area (TPSA) is 67.9 Å². The standard InChI is InChI=1S/C18H16N2O4/c1-23-15-10-6-7-12(16(15)24-2)11-14-17(21)19-20(18(14)22)13-8-4-3-5-9-13/h3-11H,1-2H3,(H,19,21)/b14-11+. The van der Waals surface area contributed by atoms with E-state index >= 15 is 0 Å². The highest BCUT2D eigenvalue weighted by atomic mass is 16.5. The number of ether oxygens (including phenoxy) is 2. The molecule has 0 aliphatic carbocycles. The number of nitrogens with one attached hydrogen (secondary N) is 1. The zero-order chi connectivity index (χ0) is 17.1. The summed E-state index contributed by atoms with van der Waals surface area (Å²) in [5.41, 5.74) is 3.78. The third-order valence-electron chi connectivity index (χ3n) is 3.64. The number of para-hydroxylation sites is 2. The molecule has 1 aliphatic rings. The summed E-state index contributed by atoms with van der Waals surface area (Å²) in [4.78, 5) is 24.8. The smallest absolute Gasteiger partial charge is 0.282 e. The van der Waals surface area contributed by atoms with Crippen LogP contribution in [0.3, 0.4) is 0 Å². The van der Waals surface area contributed by atoms with Gasteiger partial charge in [0.2, 0.25) is 0 Å². The molecular weight excluding hydrogens is 308 g/mol. The predicted molar refractivity (Wildman–Crippen MR) is 89.6 cm³/mol. The Labute approximate surface area is 139 Å². The zero-order valence-corrected chi connectivity index (χ0v) is 13.3. The Morgan fingerprint density at radius 1 is 0.958 bits per heavy atom. The van der Waals surface area contributed by atoms with E-state index < -0.39 is 11.8 Å². The fraction of sp³-hybridized carbons (Fsp3) is 0.111. The fourth-order valence-corrected chi connectivity index (χ4v) is 2.50. The summed E-state index contributed by atoms with van der Waals surface area (Å²) in [5, 5.41) is 1.22. The van der Waals surface area contributed by atoms with E-state index in [9.17, 15) is 9.59 Å². The number of hydrogen-bond acceptors (Lipinski definition) is 4. The minimum absolute atomic E-state index is 0.0328. The molecular formula is C18H16N2O4. The van der Waals surface area contributed by atoms with Crippen molar-refractivity contribution in [2.75, 3.05) is 19.2 Å². The number of nitrogens with zero attached hydrogens (tertiary/aromatic N) is 1. The Morgan fingerprint density at radius 2 is 1.71 bits per heavy atom. The van der Waals surface area contributed by atoms with E-state index in [-0.39, 0.29) is 5.57 Å². The first kappa shape index (κ1) is 15.6. The largest absolute Gasteiger partial charge is 0.493 e. The molecule has 2 aromatic rings. The quantitative estimate of drug-likeness (QED) is 0.691. The van der Waals surface area contributed by atoms with Gasteiger partial charge in [-0.1, -0.05) is 30.3 Å². The van der Waals surface area contributed by atoms with Crippen LogP contribution in [-0.4, -0.2) is 26.0 Å². The van der Waals surface area contributed by atoms with Gasteiger partial charge in [-0.25, -0.2) is 5.01 Å². The molecule has 0 spiro atoms. The molecule has 1 fully saturated rings. The minimum Gasteiger partial charge on any atom is -0.493 e. The van der Waals surface area contributed by atoms with Crippen LogP contribution in [0.1, 0.15) is 5.56 Å². The third kappa shape index (κ3) is 2.69. The highest BCUT2D eigenvalue weighted by Gasteiger charge is 2.34.